The zero-order chi connectivity index (χ0) is 23.9. The van der Waals surface area contributed by atoms with Crippen molar-refractivity contribution in [2.75, 3.05) is 6.61 Å². The van der Waals surface area contributed by atoms with E-state index in [1.165, 1.54) is 57.8 Å². The van der Waals surface area contributed by atoms with Crippen molar-refractivity contribution in [1.82, 2.24) is 5.32 Å². The summed E-state index contributed by atoms with van der Waals surface area (Å²) in [5.41, 5.74) is 0. The Kier molecular flexibility index (Phi) is 22.2. The molecular weight excluding hydrogens is 402 g/mol. The van der Waals surface area contributed by atoms with Crippen molar-refractivity contribution in [3.63, 3.8) is 0 Å². The molecule has 188 valence electrons. The number of allylic oxidation sites excluding steroid dienone is 3. The van der Waals surface area contributed by atoms with E-state index >= 15 is 0 Å². The van der Waals surface area contributed by atoms with Gasteiger partial charge in [-0.1, -0.05) is 109 Å². The van der Waals surface area contributed by atoms with Crippen molar-refractivity contribution in [3.8, 4) is 0 Å². The fourth-order valence-corrected chi connectivity index (χ4v) is 3.61. The van der Waals surface area contributed by atoms with Gasteiger partial charge in [0.15, 0.2) is 0 Å². The van der Waals surface area contributed by atoms with E-state index in [1.807, 2.05) is 6.08 Å². The van der Waals surface area contributed by atoms with Gasteiger partial charge < -0.3 is 20.6 Å². The quantitative estimate of drug-likeness (QED) is 0.127. The Bertz CT molecular complexity index is 478. The summed E-state index contributed by atoms with van der Waals surface area (Å²) < 4.78 is 0. The van der Waals surface area contributed by atoms with Crippen LogP contribution in [0.1, 0.15) is 117 Å². The molecule has 0 aliphatic heterocycles. The number of hydrogen-bond donors (Lipinski definition) is 4. The van der Waals surface area contributed by atoms with Crippen LogP contribution in [-0.2, 0) is 4.79 Å². The van der Waals surface area contributed by atoms with E-state index in [9.17, 15) is 20.1 Å². The first-order valence-corrected chi connectivity index (χ1v) is 13.2. The zero-order valence-corrected chi connectivity index (χ0v) is 20.8. The van der Waals surface area contributed by atoms with Crippen LogP contribution < -0.4 is 5.32 Å². The number of amides is 1. The lowest BCUT2D eigenvalue weighted by Crippen LogP contribution is -2.48. The largest absolute Gasteiger partial charge is 0.394 e. The third-order valence-corrected chi connectivity index (χ3v) is 5.79. The fourth-order valence-electron chi connectivity index (χ4n) is 3.61. The van der Waals surface area contributed by atoms with E-state index in [-0.39, 0.29) is 6.61 Å². The Hall–Kier alpha value is -1.17. The molecule has 0 aromatic carbocycles. The Morgan fingerprint density at radius 1 is 0.750 bits per heavy atom. The first-order chi connectivity index (χ1) is 15.6. The lowest BCUT2D eigenvalue weighted by atomic mass is 10.0. The van der Waals surface area contributed by atoms with Gasteiger partial charge in [0, 0.05) is 0 Å². The molecule has 0 rings (SSSR count). The number of unbranched alkanes of at least 4 members (excludes halogenated alkanes) is 12. The lowest BCUT2D eigenvalue weighted by Gasteiger charge is -2.21. The highest BCUT2D eigenvalue weighted by Gasteiger charge is 2.22. The van der Waals surface area contributed by atoms with Crippen LogP contribution in [0, 0.1) is 0 Å². The Morgan fingerprint density at radius 3 is 1.91 bits per heavy atom. The second-order valence-corrected chi connectivity index (χ2v) is 8.89. The van der Waals surface area contributed by atoms with Crippen molar-refractivity contribution >= 4 is 5.91 Å². The van der Waals surface area contributed by atoms with Crippen molar-refractivity contribution in [2.24, 2.45) is 0 Å². The first kappa shape index (κ1) is 30.8. The van der Waals surface area contributed by atoms with Gasteiger partial charge in [-0.15, -0.1) is 0 Å². The molecule has 0 saturated carbocycles. The molecule has 4 N–H and O–H groups in total. The fraction of sp³-hybridized carbons (Fsp3) is 0.815. The number of aliphatic hydroxyl groups excluding tert-OH is 3. The average Bonchev–Trinajstić information content (AvgIpc) is 2.79. The van der Waals surface area contributed by atoms with Crippen molar-refractivity contribution < 1.29 is 20.1 Å². The zero-order valence-electron chi connectivity index (χ0n) is 20.8. The summed E-state index contributed by atoms with van der Waals surface area (Å²) in [5, 5.41) is 32.4. The van der Waals surface area contributed by atoms with Crippen molar-refractivity contribution in [3.05, 3.63) is 24.3 Å². The van der Waals surface area contributed by atoms with E-state index in [2.05, 4.69) is 31.3 Å². The SMILES string of the molecule is CCCCC/C=C/CC/C=C/C(O)C(CO)NC(=O)C(O)CCCCCCCCCCC. The molecule has 0 fully saturated rings. The molecule has 0 aliphatic rings. The summed E-state index contributed by atoms with van der Waals surface area (Å²) in [5.74, 6) is -0.522. The average molecular weight is 454 g/mol. The molecule has 0 aromatic heterocycles. The highest BCUT2D eigenvalue weighted by atomic mass is 16.3. The van der Waals surface area contributed by atoms with Gasteiger partial charge in [-0.25, -0.2) is 0 Å². The third kappa shape index (κ3) is 18.4. The molecule has 0 saturated heterocycles. The smallest absolute Gasteiger partial charge is 0.249 e. The second-order valence-electron chi connectivity index (χ2n) is 8.89. The number of rotatable bonds is 22. The van der Waals surface area contributed by atoms with Crippen LogP contribution in [0.3, 0.4) is 0 Å². The van der Waals surface area contributed by atoms with Gasteiger partial charge in [-0.05, 0) is 32.1 Å². The van der Waals surface area contributed by atoms with Gasteiger partial charge in [-0.2, -0.15) is 0 Å². The standard InChI is InChI=1S/C27H51NO4/c1-3-5-7-9-11-13-15-17-19-21-25(30)24(23-29)28-27(32)26(31)22-20-18-16-14-12-10-8-6-4-2/h11,13,19,21,24-26,29-31H,3-10,12,14-18,20,22-23H2,1-2H3,(H,28,32)/b13-11+,21-19+. The normalized spacial score (nSPS) is 14.8. The summed E-state index contributed by atoms with van der Waals surface area (Å²) in [7, 11) is 0. The van der Waals surface area contributed by atoms with Crippen molar-refractivity contribution in [1.29, 1.82) is 0 Å². The molecule has 0 spiro atoms. The summed E-state index contributed by atoms with van der Waals surface area (Å²) in [4.78, 5) is 12.2. The molecule has 0 aliphatic carbocycles. The van der Waals surface area contributed by atoms with E-state index < -0.39 is 24.2 Å². The predicted molar refractivity (Wildman–Crippen MR) is 135 cm³/mol. The molecule has 32 heavy (non-hydrogen) atoms. The summed E-state index contributed by atoms with van der Waals surface area (Å²) in [6, 6.07) is -0.805. The number of carbonyl (C=O) groups is 1. The lowest BCUT2D eigenvalue weighted by molar-refractivity contribution is -0.131. The molecule has 1 amide bonds. The van der Waals surface area contributed by atoms with Crippen LogP contribution in [-0.4, -0.2) is 46.1 Å². The van der Waals surface area contributed by atoms with Gasteiger partial charge >= 0.3 is 0 Å². The van der Waals surface area contributed by atoms with Crippen molar-refractivity contribution in [2.45, 2.75) is 135 Å². The maximum atomic E-state index is 12.2. The number of nitrogens with one attached hydrogen (secondary N) is 1. The van der Waals surface area contributed by atoms with Crippen LogP contribution >= 0.6 is 0 Å². The van der Waals surface area contributed by atoms with Crippen LogP contribution in [0.2, 0.25) is 0 Å². The highest BCUT2D eigenvalue weighted by Crippen LogP contribution is 2.12. The minimum atomic E-state index is -1.09. The minimum absolute atomic E-state index is 0.376. The topological polar surface area (TPSA) is 89.8 Å². The summed E-state index contributed by atoms with van der Waals surface area (Å²) in [6.45, 7) is 4.04. The molecule has 0 heterocycles. The highest BCUT2D eigenvalue weighted by molar-refractivity contribution is 5.80. The molecule has 0 radical (unpaired) electrons. The van der Waals surface area contributed by atoms with Crippen LogP contribution in [0.4, 0.5) is 0 Å². The number of aliphatic hydroxyl groups is 3. The molecule has 3 atom stereocenters. The van der Waals surface area contributed by atoms with E-state index in [0.29, 0.717) is 6.42 Å². The molecular formula is C27H51NO4. The molecule has 0 bridgehead atoms. The predicted octanol–water partition coefficient (Wildman–Crippen LogP) is 5.58. The van der Waals surface area contributed by atoms with Crippen LogP contribution in [0.25, 0.3) is 0 Å². The molecule has 0 aromatic rings. The van der Waals surface area contributed by atoms with Crippen LogP contribution in [0.5, 0.6) is 0 Å². The maximum Gasteiger partial charge on any atom is 0.249 e. The monoisotopic (exact) mass is 453 g/mol. The first-order valence-electron chi connectivity index (χ1n) is 13.2. The molecule has 5 nitrogen and oxygen atoms in total. The Labute approximate surface area is 197 Å². The van der Waals surface area contributed by atoms with E-state index in [4.69, 9.17) is 0 Å². The van der Waals surface area contributed by atoms with E-state index in [0.717, 1.165) is 38.5 Å². The Morgan fingerprint density at radius 2 is 1.28 bits per heavy atom. The van der Waals surface area contributed by atoms with Gasteiger partial charge in [0.2, 0.25) is 5.91 Å². The minimum Gasteiger partial charge on any atom is -0.394 e. The molecule has 5 heteroatoms. The van der Waals surface area contributed by atoms with Gasteiger partial charge in [-0.3, -0.25) is 4.79 Å². The van der Waals surface area contributed by atoms with Gasteiger partial charge in [0.05, 0.1) is 18.8 Å². The number of carbonyl (C=O) groups excluding carboxylic acids is 1. The molecule has 3 unspecified atom stereocenters. The van der Waals surface area contributed by atoms with E-state index in [1.54, 1.807) is 6.08 Å². The summed E-state index contributed by atoms with van der Waals surface area (Å²) in [6.07, 6.45) is 23.3. The Balaban J connectivity index is 3.97. The second kappa shape index (κ2) is 23.0. The maximum absolute atomic E-state index is 12.2. The van der Waals surface area contributed by atoms with Crippen LogP contribution in [0.15, 0.2) is 24.3 Å². The van der Waals surface area contributed by atoms with Gasteiger partial charge in [0.1, 0.15) is 6.10 Å². The number of hydrogen-bond acceptors (Lipinski definition) is 4. The third-order valence-electron chi connectivity index (χ3n) is 5.79. The summed E-state index contributed by atoms with van der Waals surface area (Å²) >= 11 is 0. The van der Waals surface area contributed by atoms with Gasteiger partial charge in [0.25, 0.3) is 0 Å².